The highest BCUT2D eigenvalue weighted by molar-refractivity contribution is 5.84. The van der Waals surface area contributed by atoms with Crippen molar-refractivity contribution in [3.8, 4) is 11.1 Å². The molecule has 0 bridgehead atoms. The van der Waals surface area contributed by atoms with E-state index in [-0.39, 0.29) is 13.0 Å². The molecule has 4 rings (SSSR count). The lowest BCUT2D eigenvalue weighted by Crippen LogP contribution is -2.41. The predicted molar refractivity (Wildman–Crippen MR) is 112 cm³/mol. The molecule has 1 aromatic carbocycles. The molecule has 156 valence electrons. The van der Waals surface area contributed by atoms with Gasteiger partial charge in [0.1, 0.15) is 18.0 Å². The minimum absolute atomic E-state index is 0.0875. The first kappa shape index (κ1) is 20.2. The maximum absolute atomic E-state index is 11.7. The minimum Gasteiger partial charge on any atom is -0.480 e. The van der Waals surface area contributed by atoms with E-state index in [1.165, 1.54) is 0 Å². The van der Waals surface area contributed by atoms with Crippen LogP contribution in [0.4, 0.5) is 0 Å². The van der Waals surface area contributed by atoms with Gasteiger partial charge in [-0.25, -0.2) is 9.86 Å². The summed E-state index contributed by atoms with van der Waals surface area (Å²) >= 11 is 0. The van der Waals surface area contributed by atoms with Crippen LogP contribution in [0, 0.1) is 0 Å². The van der Waals surface area contributed by atoms with E-state index >= 15 is 0 Å². The van der Waals surface area contributed by atoms with Gasteiger partial charge in [-0.15, -0.1) is 0 Å². The van der Waals surface area contributed by atoms with Gasteiger partial charge in [-0.2, -0.15) is 0 Å². The van der Waals surface area contributed by atoms with Crippen LogP contribution in [0.3, 0.4) is 0 Å². The molecular formula is C23H19N3O5. The molecular weight excluding hydrogens is 398 g/mol. The van der Waals surface area contributed by atoms with Gasteiger partial charge in [-0.3, -0.25) is 19.6 Å². The number of hydrogen-bond donors (Lipinski definition) is 1. The van der Waals surface area contributed by atoms with E-state index in [4.69, 9.17) is 9.25 Å². The number of carbonyl (C=O) groups is 2. The van der Waals surface area contributed by atoms with Crippen LogP contribution in [0.25, 0.3) is 22.1 Å². The van der Waals surface area contributed by atoms with Gasteiger partial charge < -0.3 is 9.52 Å². The van der Waals surface area contributed by atoms with Crippen molar-refractivity contribution in [3.05, 3.63) is 84.6 Å². The van der Waals surface area contributed by atoms with E-state index in [1.54, 1.807) is 43.0 Å². The molecule has 31 heavy (non-hydrogen) atoms. The van der Waals surface area contributed by atoms with E-state index < -0.39 is 12.0 Å². The third-order valence-electron chi connectivity index (χ3n) is 4.79. The zero-order valence-corrected chi connectivity index (χ0v) is 16.4. The number of hydrogen-bond acceptors (Lipinski definition) is 6. The number of carbonyl (C=O) groups excluding carboxylic acids is 1. The molecule has 8 heteroatoms. The SMILES string of the molecule is O=CN(OCc1cc2cc(-c3cccnc3)ccc2o1)C(Cc1ccncc1)C(=O)O. The van der Waals surface area contributed by atoms with Gasteiger partial charge in [0.25, 0.3) is 0 Å². The Bertz CT molecular complexity index is 1180. The average molecular weight is 417 g/mol. The summed E-state index contributed by atoms with van der Waals surface area (Å²) in [5.41, 5.74) is 3.36. The Balaban J connectivity index is 1.48. The highest BCUT2D eigenvalue weighted by Gasteiger charge is 2.26. The van der Waals surface area contributed by atoms with Gasteiger partial charge in [0, 0.05) is 42.2 Å². The van der Waals surface area contributed by atoms with Crippen LogP contribution >= 0.6 is 0 Å². The van der Waals surface area contributed by atoms with Gasteiger partial charge >= 0.3 is 5.97 Å². The molecule has 1 N–H and O–H groups in total. The molecule has 1 unspecified atom stereocenters. The standard InChI is InChI=1S/C23H19N3O5/c27-15-26(21(23(28)29)10-16-5-8-24-9-6-16)30-14-20-12-19-11-17(3-4-22(19)31-20)18-2-1-7-25-13-18/h1-9,11-13,15,21H,10,14H2,(H,28,29). The largest absolute Gasteiger partial charge is 0.480 e. The summed E-state index contributed by atoms with van der Waals surface area (Å²) in [6.45, 7) is -0.0875. The van der Waals surface area contributed by atoms with E-state index in [2.05, 4.69) is 9.97 Å². The lowest BCUT2D eigenvalue weighted by atomic mass is 10.1. The molecule has 0 aliphatic heterocycles. The quantitative estimate of drug-likeness (QED) is 0.328. The van der Waals surface area contributed by atoms with Crippen molar-refractivity contribution >= 4 is 23.3 Å². The Morgan fingerprint density at radius 2 is 1.94 bits per heavy atom. The van der Waals surface area contributed by atoms with Gasteiger partial charge in [-0.05, 0) is 47.5 Å². The summed E-state index contributed by atoms with van der Waals surface area (Å²) < 4.78 is 5.77. The van der Waals surface area contributed by atoms with E-state index in [9.17, 15) is 14.7 Å². The van der Waals surface area contributed by atoms with Gasteiger partial charge in [-0.1, -0.05) is 12.1 Å². The Morgan fingerprint density at radius 3 is 2.65 bits per heavy atom. The van der Waals surface area contributed by atoms with Crippen molar-refractivity contribution in [1.82, 2.24) is 15.0 Å². The zero-order chi connectivity index (χ0) is 21.6. The smallest absolute Gasteiger partial charge is 0.329 e. The first-order valence-corrected chi connectivity index (χ1v) is 9.55. The number of carboxylic acid groups (broad SMARTS) is 1. The summed E-state index contributed by atoms with van der Waals surface area (Å²) in [6.07, 6.45) is 7.08. The maximum Gasteiger partial charge on any atom is 0.329 e. The second kappa shape index (κ2) is 9.19. The number of aliphatic carboxylic acids is 1. The second-order valence-corrected chi connectivity index (χ2v) is 6.86. The number of nitrogens with zero attached hydrogens (tertiary/aromatic N) is 3. The first-order valence-electron chi connectivity index (χ1n) is 9.55. The topological polar surface area (TPSA) is 106 Å². The molecule has 0 saturated carbocycles. The molecule has 1 amide bonds. The van der Waals surface area contributed by atoms with Crippen molar-refractivity contribution in [1.29, 1.82) is 0 Å². The van der Waals surface area contributed by atoms with Crippen LogP contribution < -0.4 is 0 Å². The molecule has 3 heterocycles. The van der Waals surface area contributed by atoms with Crippen molar-refractivity contribution in [3.63, 3.8) is 0 Å². The minimum atomic E-state index is -1.18. The molecule has 1 atom stereocenters. The Labute approximate surface area is 177 Å². The van der Waals surface area contributed by atoms with Crippen molar-refractivity contribution in [2.45, 2.75) is 19.1 Å². The van der Waals surface area contributed by atoms with E-state index in [1.807, 2.05) is 30.3 Å². The Morgan fingerprint density at radius 1 is 1.10 bits per heavy atom. The number of benzene rings is 1. The van der Waals surface area contributed by atoms with Gasteiger partial charge in [0.05, 0.1) is 0 Å². The van der Waals surface area contributed by atoms with Crippen LogP contribution in [-0.2, 0) is 27.5 Å². The lowest BCUT2D eigenvalue weighted by molar-refractivity contribution is -0.202. The fourth-order valence-corrected chi connectivity index (χ4v) is 3.24. The molecule has 0 aliphatic rings. The van der Waals surface area contributed by atoms with Crippen LogP contribution in [0.15, 0.2) is 77.7 Å². The third-order valence-corrected chi connectivity index (χ3v) is 4.79. The predicted octanol–water partition coefficient (Wildman–Crippen LogP) is 3.48. The van der Waals surface area contributed by atoms with Crippen LogP contribution in [0.1, 0.15) is 11.3 Å². The number of pyridine rings is 2. The van der Waals surface area contributed by atoms with E-state index in [0.717, 1.165) is 27.1 Å². The lowest BCUT2D eigenvalue weighted by Gasteiger charge is -2.23. The zero-order valence-electron chi connectivity index (χ0n) is 16.4. The van der Waals surface area contributed by atoms with Crippen LogP contribution in [-0.4, -0.2) is 38.6 Å². The summed E-state index contributed by atoms with van der Waals surface area (Å²) in [5.74, 6) is -0.701. The second-order valence-electron chi connectivity index (χ2n) is 6.86. The highest BCUT2D eigenvalue weighted by atomic mass is 16.7. The summed E-state index contributed by atoms with van der Waals surface area (Å²) in [5, 5.41) is 11.2. The van der Waals surface area contributed by atoms with Gasteiger partial charge in [0.15, 0.2) is 6.04 Å². The average Bonchev–Trinajstić information content (AvgIpc) is 3.22. The number of aromatic nitrogens is 2. The van der Waals surface area contributed by atoms with Crippen molar-refractivity contribution < 1.29 is 24.0 Å². The summed E-state index contributed by atoms with van der Waals surface area (Å²) in [7, 11) is 0. The molecule has 4 aromatic rings. The van der Waals surface area contributed by atoms with Crippen LogP contribution in [0.5, 0.6) is 0 Å². The number of fused-ring (bicyclic) bond motifs is 1. The number of rotatable bonds is 9. The van der Waals surface area contributed by atoms with E-state index in [0.29, 0.717) is 17.8 Å². The first-order chi connectivity index (χ1) is 15.1. The van der Waals surface area contributed by atoms with Crippen LogP contribution in [0.2, 0.25) is 0 Å². The molecule has 0 saturated heterocycles. The van der Waals surface area contributed by atoms with Crippen molar-refractivity contribution in [2.75, 3.05) is 0 Å². The number of hydroxylamine groups is 2. The Hall–Kier alpha value is -4.04. The van der Waals surface area contributed by atoms with Crippen molar-refractivity contribution in [2.24, 2.45) is 0 Å². The molecule has 0 aliphatic carbocycles. The number of amides is 1. The molecule has 0 radical (unpaired) electrons. The maximum atomic E-state index is 11.7. The monoisotopic (exact) mass is 417 g/mol. The Kier molecular flexibility index (Phi) is 6.00. The fraction of sp³-hybridized carbons (Fsp3) is 0.130. The molecule has 0 fully saturated rings. The third kappa shape index (κ3) is 4.76. The summed E-state index contributed by atoms with van der Waals surface area (Å²) in [4.78, 5) is 36.7. The molecule has 8 nitrogen and oxygen atoms in total. The molecule has 0 spiro atoms. The number of furan rings is 1. The van der Waals surface area contributed by atoms with Gasteiger partial charge in [0.2, 0.25) is 6.41 Å². The normalized spacial score (nSPS) is 11.9. The summed E-state index contributed by atoms with van der Waals surface area (Å²) in [6, 6.07) is 13.6. The fourth-order valence-electron chi connectivity index (χ4n) is 3.24. The highest BCUT2D eigenvalue weighted by Crippen LogP contribution is 2.26. The number of carboxylic acids is 1. The molecule has 3 aromatic heterocycles.